The van der Waals surface area contributed by atoms with E-state index < -0.39 is 0 Å². The molecule has 0 atom stereocenters. The number of H-pyrrole nitrogens is 1. The van der Waals surface area contributed by atoms with E-state index in [4.69, 9.17) is 0 Å². The third kappa shape index (κ3) is 2.91. The summed E-state index contributed by atoms with van der Waals surface area (Å²) >= 11 is 0. The standard InChI is InChI=1S/C18H15FN4O2/c19-12-1-6-15-11(9-12)10-16(22-15)17(24)21-13-2-4-14(5-3-13)23-8-7-20-18(23)25/h1-6,9-10,22H,7-8H2,(H,20,25)(H,21,24). The van der Waals surface area contributed by atoms with Crippen molar-refractivity contribution in [3.63, 3.8) is 0 Å². The predicted molar refractivity (Wildman–Crippen MR) is 93.4 cm³/mol. The Bertz CT molecular complexity index is 965. The zero-order valence-corrected chi connectivity index (χ0v) is 13.2. The second-order valence-corrected chi connectivity index (χ2v) is 5.80. The van der Waals surface area contributed by atoms with Gasteiger partial charge in [-0.1, -0.05) is 0 Å². The van der Waals surface area contributed by atoms with E-state index in [0.717, 1.165) is 5.69 Å². The van der Waals surface area contributed by atoms with Crippen molar-refractivity contribution in [2.45, 2.75) is 0 Å². The first-order valence-electron chi connectivity index (χ1n) is 7.85. The van der Waals surface area contributed by atoms with Crippen molar-refractivity contribution in [2.75, 3.05) is 23.3 Å². The molecule has 2 heterocycles. The molecular weight excluding hydrogens is 323 g/mol. The summed E-state index contributed by atoms with van der Waals surface area (Å²) in [6, 6.07) is 12.8. The van der Waals surface area contributed by atoms with Crippen molar-refractivity contribution < 1.29 is 14.0 Å². The van der Waals surface area contributed by atoms with E-state index in [1.165, 1.54) is 12.1 Å². The van der Waals surface area contributed by atoms with Crippen molar-refractivity contribution in [1.82, 2.24) is 10.3 Å². The Morgan fingerprint density at radius 1 is 1.12 bits per heavy atom. The molecule has 1 aromatic heterocycles. The van der Waals surface area contributed by atoms with Crippen LogP contribution in [0.2, 0.25) is 0 Å². The molecule has 0 saturated carbocycles. The maximum atomic E-state index is 13.2. The van der Waals surface area contributed by atoms with Crippen LogP contribution in [-0.2, 0) is 0 Å². The fraction of sp³-hybridized carbons (Fsp3) is 0.111. The van der Waals surface area contributed by atoms with Crippen LogP contribution >= 0.6 is 0 Å². The summed E-state index contributed by atoms with van der Waals surface area (Å²) < 4.78 is 13.2. The number of nitrogens with zero attached hydrogens (tertiary/aromatic N) is 1. The van der Waals surface area contributed by atoms with E-state index in [2.05, 4.69) is 15.6 Å². The van der Waals surface area contributed by atoms with Crippen molar-refractivity contribution in [3.05, 3.63) is 60.0 Å². The van der Waals surface area contributed by atoms with Gasteiger partial charge in [-0.05, 0) is 48.5 Å². The summed E-state index contributed by atoms with van der Waals surface area (Å²) in [4.78, 5) is 28.6. The summed E-state index contributed by atoms with van der Waals surface area (Å²) in [5.74, 6) is -0.664. The minimum Gasteiger partial charge on any atom is -0.351 e. The highest BCUT2D eigenvalue weighted by Crippen LogP contribution is 2.21. The molecule has 3 aromatic rings. The van der Waals surface area contributed by atoms with Gasteiger partial charge in [0.1, 0.15) is 11.5 Å². The first-order chi connectivity index (χ1) is 12.1. The quantitative estimate of drug-likeness (QED) is 0.686. The third-order valence-corrected chi connectivity index (χ3v) is 4.12. The number of anilines is 2. The number of amides is 3. The first kappa shape index (κ1) is 15.2. The van der Waals surface area contributed by atoms with E-state index in [9.17, 15) is 14.0 Å². The van der Waals surface area contributed by atoms with Gasteiger partial charge in [0.25, 0.3) is 5.91 Å². The number of rotatable bonds is 3. The van der Waals surface area contributed by atoms with Gasteiger partial charge in [0, 0.05) is 35.4 Å². The van der Waals surface area contributed by atoms with Crippen LogP contribution in [-0.4, -0.2) is 30.0 Å². The van der Waals surface area contributed by atoms with Crippen LogP contribution in [0.25, 0.3) is 10.9 Å². The van der Waals surface area contributed by atoms with Gasteiger partial charge in [0.15, 0.2) is 0 Å². The van der Waals surface area contributed by atoms with Gasteiger partial charge < -0.3 is 15.6 Å². The van der Waals surface area contributed by atoms with Crippen molar-refractivity contribution in [3.8, 4) is 0 Å². The van der Waals surface area contributed by atoms with Crippen LogP contribution in [0, 0.1) is 5.82 Å². The average Bonchev–Trinajstić information content (AvgIpc) is 3.21. The summed E-state index contributed by atoms with van der Waals surface area (Å²) in [7, 11) is 0. The summed E-state index contributed by atoms with van der Waals surface area (Å²) in [6.45, 7) is 1.24. The number of carbonyl (C=O) groups excluding carboxylic acids is 2. The Kier molecular flexibility index (Phi) is 3.61. The molecule has 1 aliphatic heterocycles. The van der Waals surface area contributed by atoms with Crippen molar-refractivity contribution in [2.24, 2.45) is 0 Å². The number of fused-ring (bicyclic) bond motifs is 1. The van der Waals surface area contributed by atoms with Gasteiger partial charge in [-0.25, -0.2) is 9.18 Å². The van der Waals surface area contributed by atoms with Gasteiger partial charge in [-0.3, -0.25) is 9.69 Å². The number of aromatic amines is 1. The van der Waals surface area contributed by atoms with Gasteiger partial charge in [0.2, 0.25) is 0 Å². The van der Waals surface area contributed by atoms with Crippen LogP contribution in [0.4, 0.5) is 20.6 Å². The summed E-state index contributed by atoms with van der Waals surface area (Å²) in [5, 5.41) is 6.16. The van der Waals surface area contributed by atoms with Crippen LogP contribution in [0.1, 0.15) is 10.5 Å². The molecule has 1 saturated heterocycles. The lowest BCUT2D eigenvalue weighted by molar-refractivity contribution is 0.102. The zero-order chi connectivity index (χ0) is 17.4. The van der Waals surface area contributed by atoms with Crippen molar-refractivity contribution in [1.29, 1.82) is 0 Å². The molecule has 0 spiro atoms. The van der Waals surface area contributed by atoms with Crippen LogP contribution in [0.15, 0.2) is 48.5 Å². The van der Waals surface area contributed by atoms with Gasteiger partial charge in [-0.15, -0.1) is 0 Å². The average molecular weight is 338 g/mol. The fourth-order valence-corrected chi connectivity index (χ4v) is 2.87. The number of urea groups is 1. The maximum absolute atomic E-state index is 13.2. The van der Waals surface area contributed by atoms with Gasteiger partial charge in [0.05, 0.1) is 0 Å². The van der Waals surface area contributed by atoms with Gasteiger partial charge in [-0.2, -0.15) is 0 Å². The molecule has 4 rings (SSSR count). The molecule has 0 unspecified atom stereocenters. The fourth-order valence-electron chi connectivity index (χ4n) is 2.87. The van der Waals surface area contributed by atoms with E-state index in [0.29, 0.717) is 35.4 Å². The number of benzene rings is 2. The van der Waals surface area contributed by atoms with Gasteiger partial charge >= 0.3 is 6.03 Å². The second kappa shape index (κ2) is 5.94. The molecule has 0 aliphatic carbocycles. The molecule has 1 aliphatic rings. The number of halogens is 1. The number of hydrogen-bond acceptors (Lipinski definition) is 2. The lowest BCUT2D eigenvalue weighted by Gasteiger charge is -2.14. The third-order valence-electron chi connectivity index (χ3n) is 4.12. The Hall–Kier alpha value is -3.35. The lowest BCUT2D eigenvalue weighted by Crippen LogP contribution is -2.27. The van der Waals surface area contributed by atoms with Crippen LogP contribution < -0.4 is 15.5 Å². The SMILES string of the molecule is O=C(Nc1ccc(N2CCNC2=O)cc1)c1cc2cc(F)ccc2[nH]1. The maximum Gasteiger partial charge on any atom is 0.321 e. The van der Waals surface area contributed by atoms with E-state index in [-0.39, 0.29) is 17.8 Å². The lowest BCUT2D eigenvalue weighted by atomic mass is 10.2. The van der Waals surface area contributed by atoms with E-state index in [1.54, 1.807) is 41.3 Å². The molecule has 0 radical (unpaired) electrons. The molecule has 126 valence electrons. The number of carbonyl (C=O) groups is 2. The highest BCUT2D eigenvalue weighted by Gasteiger charge is 2.20. The Labute approximate surface area is 142 Å². The normalized spacial score (nSPS) is 14.0. The number of nitrogens with one attached hydrogen (secondary N) is 3. The highest BCUT2D eigenvalue weighted by atomic mass is 19.1. The summed E-state index contributed by atoms with van der Waals surface area (Å²) in [5.41, 5.74) is 2.43. The monoisotopic (exact) mass is 338 g/mol. The largest absolute Gasteiger partial charge is 0.351 e. The molecule has 0 bridgehead atoms. The second-order valence-electron chi connectivity index (χ2n) is 5.80. The molecular formula is C18H15FN4O2. The van der Waals surface area contributed by atoms with Crippen LogP contribution in [0.3, 0.4) is 0 Å². The van der Waals surface area contributed by atoms with E-state index >= 15 is 0 Å². The zero-order valence-electron chi connectivity index (χ0n) is 13.2. The Morgan fingerprint density at radius 3 is 2.64 bits per heavy atom. The van der Waals surface area contributed by atoms with Crippen LogP contribution in [0.5, 0.6) is 0 Å². The molecule has 6 nitrogen and oxygen atoms in total. The first-order valence-corrected chi connectivity index (χ1v) is 7.85. The molecule has 7 heteroatoms. The topological polar surface area (TPSA) is 77.2 Å². The smallest absolute Gasteiger partial charge is 0.321 e. The molecule has 25 heavy (non-hydrogen) atoms. The number of aromatic nitrogens is 1. The molecule has 3 amide bonds. The van der Waals surface area contributed by atoms with Crippen molar-refractivity contribution >= 4 is 34.2 Å². The Morgan fingerprint density at radius 2 is 1.92 bits per heavy atom. The highest BCUT2D eigenvalue weighted by molar-refractivity contribution is 6.06. The predicted octanol–water partition coefficient (Wildman–Crippen LogP) is 3.09. The Balaban J connectivity index is 1.50. The van der Waals surface area contributed by atoms with E-state index in [1.807, 2.05) is 0 Å². The summed E-state index contributed by atoms with van der Waals surface area (Å²) in [6.07, 6.45) is 0. The minimum absolute atomic E-state index is 0.123. The molecule has 3 N–H and O–H groups in total. The number of hydrogen-bond donors (Lipinski definition) is 3. The minimum atomic E-state index is -0.347. The molecule has 2 aromatic carbocycles. The molecule has 1 fully saturated rings.